The number of nitrogens with one attached hydrogen (secondary N) is 2. The van der Waals surface area contributed by atoms with Crippen LogP contribution in [0.5, 0.6) is 0 Å². The molecule has 0 atom stereocenters. The number of carbonyl (C=O) groups is 1. The Labute approximate surface area is 104 Å². The Balaban J connectivity index is 3.68. The van der Waals surface area contributed by atoms with Crippen LogP contribution < -0.4 is 10.0 Å². The summed E-state index contributed by atoms with van der Waals surface area (Å²) in [7, 11) is -3.28. The summed E-state index contributed by atoms with van der Waals surface area (Å²) in [5.41, 5.74) is 0. The third-order valence-corrected chi connectivity index (χ3v) is 3.73. The molecule has 0 aliphatic heterocycles. The predicted octanol–water partition coefficient (Wildman–Crippen LogP) is 1.01. The van der Waals surface area contributed by atoms with Crippen LogP contribution in [0.4, 0.5) is 0 Å². The normalized spacial score (nSPS) is 11.4. The number of sulfonamides is 1. The van der Waals surface area contributed by atoms with Crippen LogP contribution in [0, 0.1) is 0 Å². The maximum Gasteiger partial charge on any atom is 0.235 e. The van der Waals surface area contributed by atoms with Crippen molar-refractivity contribution in [2.24, 2.45) is 0 Å². The molecule has 0 bridgehead atoms. The minimum Gasteiger partial charge on any atom is -0.355 e. The summed E-state index contributed by atoms with van der Waals surface area (Å²) in [6, 6.07) is 0. The first kappa shape index (κ1) is 16.4. The van der Waals surface area contributed by atoms with Crippen LogP contribution in [-0.2, 0) is 14.8 Å². The van der Waals surface area contributed by atoms with Gasteiger partial charge in [0, 0.05) is 6.54 Å². The van der Waals surface area contributed by atoms with Gasteiger partial charge in [0.05, 0.1) is 12.3 Å². The Kier molecular flexibility index (Phi) is 9.07. The van der Waals surface area contributed by atoms with Crippen LogP contribution in [0.1, 0.15) is 46.0 Å². The van der Waals surface area contributed by atoms with Crippen LogP contribution in [0.25, 0.3) is 0 Å². The fourth-order valence-electron chi connectivity index (χ4n) is 1.25. The van der Waals surface area contributed by atoms with Gasteiger partial charge < -0.3 is 5.32 Å². The van der Waals surface area contributed by atoms with Gasteiger partial charge in [-0.25, -0.2) is 13.1 Å². The van der Waals surface area contributed by atoms with Crippen LogP contribution in [-0.4, -0.2) is 33.2 Å². The SMILES string of the molecule is CCCCCNC(=O)CNS(=O)(=O)CCCC. The number of rotatable bonds is 10. The molecule has 0 aliphatic carbocycles. The lowest BCUT2D eigenvalue weighted by Gasteiger charge is -2.07. The second-order valence-corrected chi connectivity index (χ2v) is 5.98. The van der Waals surface area contributed by atoms with Crippen molar-refractivity contribution < 1.29 is 13.2 Å². The molecule has 0 aromatic carbocycles. The zero-order valence-electron chi connectivity index (χ0n) is 10.8. The highest BCUT2D eigenvalue weighted by molar-refractivity contribution is 7.89. The second kappa shape index (κ2) is 9.41. The lowest BCUT2D eigenvalue weighted by atomic mass is 10.2. The van der Waals surface area contributed by atoms with Crippen molar-refractivity contribution in [2.45, 2.75) is 46.0 Å². The van der Waals surface area contributed by atoms with Crippen molar-refractivity contribution in [1.82, 2.24) is 10.0 Å². The molecule has 0 aromatic rings. The Morgan fingerprint density at radius 2 is 1.71 bits per heavy atom. The molecule has 0 aliphatic rings. The molecule has 0 radical (unpaired) electrons. The summed E-state index contributed by atoms with van der Waals surface area (Å²) in [6.45, 7) is 4.47. The van der Waals surface area contributed by atoms with Gasteiger partial charge in [-0.1, -0.05) is 33.1 Å². The van der Waals surface area contributed by atoms with Crippen molar-refractivity contribution in [3.8, 4) is 0 Å². The fourth-order valence-corrected chi connectivity index (χ4v) is 2.41. The van der Waals surface area contributed by atoms with E-state index in [0.717, 1.165) is 25.7 Å². The smallest absolute Gasteiger partial charge is 0.235 e. The molecule has 0 spiro atoms. The highest BCUT2D eigenvalue weighted by Gasteiger charge is 2.10. The van der Waals surface area contributed by atoms with Crippen molar-refractivity contribution in [3.05, 3.63) is 0 Å². The average molecular weight is 264 g/mol. The van der Waals surface area contributed by atoms with Gasteiger partial charge in [0.1, 0.15) is 0 Å². The maximum atomic E-state index is 11.4. The van der Waals surface area contributed by atoms with Crippen molar-refractivity contribution in [3.63, 3.8) is 0 Å². The van der Waals surface area contributed by atoms with Gasteiger partial charge in [-0.2, -0.15) is 0 Å². The van der Waals surface area contributed by atoms with E-state index >= 15 is 0 Å². The van der Waals surface area contributed by atoms with E-state index in [9.17, 15) is 13.2 Å². The van der Waals surface area contributed by atoms with Gasteiger partial charge in [-0.3, -0.25) is 4.79 Å². The van der Waals surface area contributed by atoms with Gasteiger partial charge >= 0.3 is 0 Å². The standard InChI is InChI=1S/C11H24N2O3S/c1-3-5-7-8-12-11(14)10-13-17(15,16)9-6-4-2/h13H,3-10H2,1-2H3,(H,12,14). The lowest BCUT2D eigenvalue weighted by molar-refractivity contribution is -0.119. The van der Waals surface area contributed by atoms with Crippen LogP contribution in [0.15, 0.2) is 0 Å². The van der Waals surface area contributed by atoms with E-state index in [-0.39, 0.29) is 18.2 Å². The minimum atomic E-state index is -3.28. The van der Waals surface area contributed by atoms with Gasteiger partial charge in [-0.05, 0) is 12.8 Å². The van der Waals surface area contributed by atoms with E-state index in [2.05, 4.69) is 17.0 Å². The largest absolute Gasteiger partial charge is 0.355 e. The monoisotopic (exact) mass is 264 g/mol. The Morgan fingerprint density at radius 1 is 1.06 bits per heavy atom. The lowest BCUT2D eigenvalue weighted by Crippen LogP contribution is -2.38. The first-order valence-corrected chi connectivity index (χ1v) is 7.91. The predicted molar refractivity (Wildman–Crippen MR) is 69.2 cm³/mol. The quantitative estimate of drug-likeness (QED) is 0.578. The molecule has 1 amide bonds. The van der Waals surface area contributed by atoms with E-state index < -0.39 is 10.0 Å². The van der Waals surface area contributed by atoms with Crippen molar-refractivity contribution in [2.75, 3.05) is 18.8 Å². The van der Waals surface area contributed by atoms with E-state index in [0.29, 0.717) is 13.0 Å². The molecule has 0 unspecified atom stereocenters. The van der Waals surface area contributed by atoms with Gasteiger partial charge in [0.15, 0.2) is 0 Å². The van der Waals surface area contributed by atoms with Crippen molar-refractivity contribution in [1.29, 1.82) is 0 Å². The molecule has 0 heterocycles. The number of unbranched alkanes of at least 4 members (excludes halogenated alkanes) is 3. The topological polar surface area (TPSA) is 75.3 Å². The molecule has 0 saturated heterocycles. The van der Waals surface area contributed by atoms with E-state index in [4.69, 9.17) is 0 Å². The molecular weight excluding hydrogens is 240 g/mol. The van der Waals surface area contributed by atoms with E-state index in [1.165, 1.54) is 0 Å². The number of amides is 1. The van der Waals surface area contributed by atoms with Gasteiger partial charge in [0.2, 0.25) is 15.9 Å². The first-order chi connectivity index (χ1) is 8.02. The Bertz CT molecular complexity index is 302. The molecule has 6 heteroatoms. The van der Waals surface area contributed by atoms with Crippen LogP contribution in [0.3, 0.4) is 0 Å². The molecule has 2 N–H and O–H groups in total. The summed E-state index contributed by atoms with van der Waals surface area (Å²) in [6.07, 6.45) is 4.55. The third-order valence-electron chi connectivity index (χ3n) is 2.32. The van der Waals surface area contributed by atoms with Crippen molar-refractivity contribution >= 4 is 15.9 Å². The summed E-state index contributed by atoms with van der Waals surface area (Å²) in [5, 5.41) is 2.68. The summed E-state index contributed by atoms with van der Waals surface area (Å²) >= 11 is 0. The van der Waals surface area contributed by atoms with Gasteiger partial charge in [0.25, 0.3) is 0 Å². The molecule has 0 fully saturated rings. The average Bonchev–Trinajstić information content (AvgIpc) is 2.30. The minimum absolute atomic E-state index is 0.0899. The maximum absolute atomic E-state index is 11.4. The number of carbonyl (C=O) groups excluding carboxylic acids is 1. The second-order valence-electron chi connectivity index (χ2n) is 4.05. The number of hydrogen-bond acceptors (Lipinski definition) is 3. The number of hydrogen-bond donors (Lipinski definition) is 2. The summed E-state index contributed by atoms with van der Waals surface area (Å²) in [5.74, 6) is -0.173. The molecule has 5 nitrogen and oxygen atoms in total. The van der Waals surface area contributed by atoms with Crippen LogP contribution in [0.2, 0.25) is 0 Å². The molecular formula is C11H24N2O3S. The zero-order valence-corrected chi connectivity index (χ0v) is 11.6. The highest BCUT2D eigenvalue weighted by atomic mass is 32.2. The highest BCUT2D eigenvalue weighted by Crippen LogP contribution is 1.93. The van der Waals surface area contributed by atoms with Gasteiger partial charge in [-0.15, -0.1) is 0 Å². The molecule has 102 valence electrons. The molecule has 0 rings (SSSR count). The van der Waals surface area contributed by atoms with E-state index in [1.54, 1.807) is 0 Å². The molecule has 0 saturated carbocycles. The fraction of sp³-hybridized carbons (Fsp3) is 0.909. The summed E-state index contributed by atoms with van der Waals surface area (Å²) < 4.78 is 25.1. The van der Waals surface area contributed by atoms with E-state index in [1.807, 2.05) is 6.92 Å². The Hall–Kier alpha value is -0.620. The molecule has 0 aromatic heterocycles. The third kappa shape index (κ3) is 10.3. The van der Waals surface area contributed by atoms with Crippen LogP contribution >= 0.6 is 0 Å². The molecule has 17 heavy (non-hydrogen) atoms. The first-order valence-electron chi connectivity index (χ1n) is 6.26. The Morgan fingerprint density at radius 3 is 2.29 bits per heavy atom. The zero-order chi connectivity index (χ0) is 13.1. The summed E-state index contributed by atoms with van der Waals surface area (Å²) in [4.78, 5) is 11.3.